The Kier molecular flexibility index (Phi) is 6.48. The summed E-state index contributed by atoms with van der Waals surface area (Å²) in [7, 11) is -0.891. The molecule has 1 unspecified atom stereocenters. The molecular formula is C25H26FNO4S. The van der Waals surface area contributed by atoms with Crippen LogP contribution in [0.5, 0.6) is 0 Å². The van der Waals surface area contributed by atoms with Crippen molar-refractivity contribution in [1.82, 2.24) is 0 Å². The summed E-state index contributed by atoms with van der Waals surface area (Å²) in [5, 5.41) is 9.28. The Hall–Kier alpha value is -2.90. The number of aryl methyl sites for hydroxylation is 1. The van der Waals surface area contributed by atoms with Crippen LogP contribution in [0.1, 0.15) is 46.5 Å². The average molecular weight is 456 g/mol. The maximum Gasteiger partial charge on any atom is 0.335 e. The van der Waals surface area contributed by atoms with E-state index in [2.05, 4.69) is 6.92 Å². The molecule has 3 N–H and O–H groups in total. The van der Waals surface area contributed by atoms with Gasteiger partial charge < -0.3 is 15.6 Å². The number of hydrogen-bond donors (Lipinski definition) is 3. The van der Waals surface area contributed by atoms with Crippen molar-refractivity contribution in [2.45, 2.75) is 31.4 Å². The van der Waals surface area contributed by atoms with Crippen molar-refractivity contribution in [1.29, 1.82) is 0 Å². The molecule has 2 aromatic carbocycles. The third-order valence-electron chi connectivity index (χ3n) is 6.09. The van der Waals surface area contributed by atoms with E-state index in [1.807, 2.05) is 12.1 Å². The van der Waals surface area contributed by atoms with Crippen LogP contribution in [0.3, 0.4) is 0 Å². The maximum atomic E-state index is 13.3. The van der Waals surface area contributed by atoms with Gasteiger partial charge in [-0.1, -0.05) is 31.2 Å². The summed E-state index contributed by atoms with van der Waals surface area (Å²) >= 11 is 0. The van der Waals surface area contributed by atoms with Crippen molar-refractivity contribution in [2.75, 3.05) is 13.2 Å². The standard InChI is InChI=1S/C25H26FNO4S/c1-15(17-5-7-18(8-6-17)25(29)30)32-21(11-4-16-2-9-19(26)10-3-16)23(24(27)28)20-12-13-31-14-22(20)32/h2-3,5-10,15,32H,4,11-14H2,1H3,(H2,27,28)(H,29,30)/t15-/m0/s1. The van der Waals surface area contributed by atoms with Crippen molar-refractivity contribution in [3.8, 4) is 0 Å². The largest absolute Gasteiger partial charge is 0.478 e. The number of hydrogen-bond acceptors (Lipinski definition) is 3. The fourth-order valence-electron chi connectivity index (χ4n) is 4.49. The van der Waals surface area contributed by atoms with Gasteiger partial charge >= 0.3 is 5.97 Å². The number of halogens is 1. The Morgan fingerprint density at radius 1 is 1.12 bits per heavy atom. The third kappa shape index (κ3) is 4.36. The van der Waals surface area contributed by atoms with E-state index in [-0.39, 0.29) is 16.6 Å². The Balaban J connectivity index is 1.70. The molecule has 0 radical (unpaired) electrons. The number of carbonyl (C=O) groups excluding carboxylic acids is 1. The van der Waals surface area contributed by atoms with Gasteiger partial charge in [0.2, 0.25) is 5.91 Å². The molecule has 5 nitrogen and oxygen atoms in total. The lowest BCUT2D eigenvalue weighted by molar-refractivity contribution is -0.114. The minimum absolute atomic E-state index is 0.0691. The Morgan fingerprint density at radius 2 is 1.81 bits per heavy atom. The van der Waals surface area contributed by atoms with Crippen molar-refractivity contribution in [3.63, 3.8) is 0 Å². The molecular weight excluding hydrogens is 429 g/mol. The lowest BCUT2D eigenvalue weighted by atomic mass is 9.98. The first kappa shape index (κ1) is 22.3. The van der Waals surface area contributed by atoms with Gasteiger partial charge in [-0.05, 0) is 70.0 Å². The van der Waals surface area contributed by atoms with E-state index in [9.17, 15) is 19.1 Å². The predicted molar refractivity (Wildman–Crippen MR) is 124 cm³/mol. The van der Waals surface area contributed by atoms with Gasteiger partial charge in [0.05, 0.1) is 24.4 Å². The van der Waals surface area contributed by atoms with E-state index < -0.39 is 22.8 Å². The number of carboxylic acids is 1. The summed E-state index contributed by atoms with van der Waals surface area (Å²) in [5.74, 6) is -1.65. The quantitative estimate of drug-likeness (QED) is 0.531. The Bertz CT molecular complexity index is 1110. The molecule has 0 aliphatic carbocycles. The molecule has 2 atom stereocenters. The number of primary amides is 1. The van der Waals surface area contributed by atoms with Crippen LogP contribution in [-0.4, -0.2) is 30.2 Å². The fourth-order valence-corrected chi connectivity index (χ4v) is 7.80. The number of amides is 1. The number of aromatic carboxylic acids is 1. The number of allylic oxidation sites excluding steroid dienone is 1. The molecule has 7 heteroatoms. The van der Waals surface area contributed by atoms with Gasteiger partial charge in [-0.25, -0.2) is 9.18 Å². The second-order valence-corrected chi connectivity index (χ2v) is 10.6. The van der Waals surface area contributed by atoms with Crippen LogP contribution in [0.2, 0.25) is 0 Å². The van der Waals surface area contributed by atoms with Crippen molar-refractivity contribution in [2.24, 2.45) is 5.73 Å². The minimum Gasteiger partial charge on any atom is -0.478 e. The monoisotopic (exact) mass is 455 g/mol. The molecule has 4 rings (SSSR count). The van der Waals surface area contributed by atoms with E-state index in [0.717, 1.165) is 26.5 Å². The molecule has 2 aliphatic heterocycles. The molecule has 0 aromatic heterocycles. The van der Waals surface area contributed by atoms with Gasteiger partial charge in [-0.3, -0.25) is 4.79 Å². The van der Waals surface area contributed by atoms with E-state index in [4.69, 9.17) is 10.5 Å². The average Bonchev–Trinajstić information content (AvgIpc) is 3.12. The Labute approximate surface area is 189 Å². The van der Waals surface area contributed by atoms with Crippen LogP contribution in [0, 0.1) is 5.82 Å². The molecule has 0 fully saturated rings. The molecule has 0 saturated carbocycles. The minimum atomic E-state index is -0.961. The van der Waals surface area contributed by atoms with Crippen LogP contribution in [0.4, 0.5) is 4.39 Å². The van der Waals surface area contributed by atoms with E-state index in [1.165, 1.54) is 12.1 Å². The molecule has 32 heavy (non-hydrogen) atoms. The smallest absolute Gasteiger partial charge is 0.335 e. The molecule has 2 aliphatic rings. The second-order valence-electron chi connectivity index (χ2n) is 8.01. The molecule has 0 bridgehead atoms. The zero-order valence-electron chi connectivity index (χ0n) is 17.8. The van der Waals surface area contributed by atoms with Crippen LogP contribution >= 0.6 is 10.9 Å². The van der Waals surface area contributed by atoms with E-state index >= 15 is 0 Å². The highest BCUT2D eigenvalue weighted by atomic mass is 32.2. The van der Waals surface area contributed by atoms with Gasteiger partial charge in [-0.15, -0.1) is 0 Å². The first-order valence-corrected chi connectivity index (χ1v) is 12.0. The lowest BCUT2D eigenvalue weighted by Crippen LogP contribution is -2.18. The van der Waals surface area contributed by atoms with Crippen LogP contribution in [-0.2, 0) is 16.0 Å². The third-order valence-corrected chi connectivity index (χ3v) is 9.18. The number of ether oxygens (including phenoxy) is 1. The summed E-state index contributed by atoms with van der Waals surface area (Å²) in [6.45, 7) is 3.16. The highest BCUT2D eigenvalue weighted by Crippen LogP contribution is 2.63. The van der Waals surface area contributed by atoms with Crippen molar-refractivity contribution >= 4 is 22.8 Å². The Morgan fingerprint density at radius 3 is 2.44 bits per heavy atom. The molecule has 2 heterocycles. The summed E-state index contributed by atoms with van der Waals surface area (Å²) in [5.41, 5.74) is 9.79. The van der Waals surface area contributed by atoms with Crippen LogP contribution < -0.4 is 5.73 Å². The maximum absolute atomic E-state index is 13.3. The van der Waals surface area contributed by atoms with Crippen molar-refractivity contribution < 1.29 is 23.8 Å². The SMILES string of the molecule is C[C@@H](c1ccc(C(=O)O)cc1)[SH]1C2=C(CCOC2)C(C(N)=O)=C1CCc1ccc(F)cc1. The van der Waals surface area contributed by atoms with Crippen molar-refractivity contribution in [3.05, 3.63) is 92.0 Å². The number of carbonyl (C=O) groups is 2. The number of carboxylic acid groups (broad SMARTS) is 1. The summed E-state index contributed by atoms with van der Waals surface area (Å²) in [6.07, 6.45) is 1.99. The topological polar surface area (TPSA) is 89.6 Å². The number of nitrogens with two attached hydrogens (primary N) is 1. The van der Waals surface area contributed by atoms with E-state index in [0.29, 0.717) is 38.0 Å². The first-order chi connectivity index (χ1) is 15.4. The lowest BCUT2D eigenvalue weighted by Gasteiger charge is -2.32. The highest BCUT2D eigenvalue weighted by Gasteiger charge is 2.37. The summed E-state index contributed by atoms with van der Waals surface area (Å²) in [6, 6.07) is 13.3. The zero-order valence-corrected chi connectivity index (χ0v) is 18.7. The molecule has 2 aromatic rings. The predicted octanol–water partition coefficient (Wildman–Crippen LogP) is 4.65. The molecule has 0 saturated heterocycles. The molecule has 168 valence electrons. The summed E-state index contributed by atoms with van der Waals surface area (Å²) in [4.78, 5) is 26.0. The first-order valence-electron chi connectivity index (χ1n) is 10.6. The van der Waals surface area contributed by atoms with Gasteiger partial charge in [0, 0.05) is 5.25 Å². The number of benzene rings is 2. The highest BCUT2D eigenvalue weighted by molar-refractivity contribution is 8.24. The molecule has 0 spiro atoms. The van der Waals surface area contributed by atoms with Gasteiger partial charge in [0.1, 0.15) is 5.82 Å². The number of thiol groups is 1. The van der Waals surface area contributed by atoms with Crippen LogP contribution in [0.25, 0.3) is 0 Å². The normalized spacial score (nSPS) is 20.2. The number of rotatable bonds is 7. The van der Waals surface area contributed by atoms with Crippen LogP contribution in [0.15, 0.2) is 69.5 Å². The van der Waals surface area contributed by atoms with Gasteiger partial charge in [0.15, 0.2) is 0 Å². The fraction of sp³-hybridized carbons (Fsp3) is 0.280. The zero-order chi connectivity index (χ0) is 22.8. The van der Waals surface area contributed by atoms with Gasteiger partial charge in [0.25, 0.3) is 0 Å². The molecule has 1 amide bonds. The van der Waals surface area contributed by atoms with Gasteiger partial charge in [-0.2, -0.15) is 10.9 Å². The van der Waals surface area contributed by atoms with E-state index in [1.54, 1.807) is 24.3 Å². The second kappa shape index (κ2) is 9.30. The summed E-state index contributed by atoms with van der Waals surface area (Å²) < 4.78 is 19.1.